The van der Waals surface area contributed by atoms with E-state index in [9.17, 15) is 0 Å². The second-order valence-corrected chi connectivity index (χ2v) is 9.89. The first-order valence-electron chi connectivity index (χ1n) is 13.1. The van der Waals surface area contributed by atoms with Crippen molar-refractivity contribution < 1.29 is 4.74 Å². The number of aromatic nitrogens is 1. The number of anilines is 3. The largest absolute Gasteiger partial charge is 0.453 e. The summed E-state index contributed by atoms with van der Waals surface area (Å²) >= 11 is 0. The molecule has 3 heteroatoms. The molecule has 0 fully saturated rings. The van der Waals surface area contributed by atoms with Gasteiger partial charge in [-0.1, -0.05) is 85.5 Å². The molecule has 184 valence electrons. The lowest BCUT2D eigenvalue weighted by Crippen LogP contribution is -2.10. The van der Waals surface area contributed by atoms with E-state index in [4.69, 9.17) is 4.74 Å². The van der Waals surface area contributed by atoms with Gasteiger partial charge in [-0.25, -0.2) is 0 Å². The lowest BCUT2D eigenvalue weighted by atomic mass is 10.1. The maximum atomic E-state index is 6.33. The van der Waals surface area contributed by atoms with Gasteiger partial charge in [0.25, 0.3) is 0 Å². The van der Waals surface area contributed by atoms with Crippen LogP contribution in [0.4, 0.5) is 17.1 Å². The van der Waals surface area contributed by atoms with Crippen LogP contribution in [0.3, 0.4) is 0 Å². The Labute approximate surface area is 226 Å². The minimum Gasteiger partial charge on any atom is -0.453 e. The van der Waals surface area contributed by atoms with Gasteiger partial charge in [-0.15, -0.1) is 0 Å². The van der Waals surface area contributed by atoms with E-state index in [-0.39, 0.29) is 0 Å². The van der Waals surface area contributed by atoms with Crippen molar-refractivity contribution >= 4 is 55.7 Å². The lowest BCUT2D eigenvalue weighted by Gasteiger charge is -2.27. The van der Waals surface area contributed by atoms with E-state index in [0.29, 0.717) is 0 Å². The highest BCUT2D eigenvalue weighted by molar-refractivity contribution is 6.13. The number of hydrogen-bond acceptors (Lipinski definition) is 2. The van der Waals surface area contributed by atoms with Gasteiger partial charge in [-0.05, 0) is 65.5 Å². The van der Waals surface area contributed by atoms with Crippen molar-refractivity contribution in [2.24, 2.45) is 0 Å². The minimum absolute atomic E-state index is 0.874. The van der Waals surface area contributed by atoms with Crippen LogP contribution in [-0.4, -0.2) is 4.57 Å². The molecule has 0 saturated heterocycles. The van der Waals surface area contributed by atoms with E-state index < -0.39 is 0 Å². The van der Waals surface area contributed by atoms with Crippen LogP contribution in [0.15, 0.2) is 134 Å². The molecule has 0 radical (unpaired) electrons. The molecule has 1 aliphatic heterocycles. The Bertz CT molecular complexity index is 2060. The summed E-state index contributed by atoms with van der Waals surface area (Å²) < 4.78 is 8.66. The third kappa shape index (κ3) is 3.23. The Balaban J connectivity index is 1.42. The normalized spacial score (nSPS) is 11.9. The molecule has 1 aliphatic rings. The standard InChI is InChI=1S/C36H24N2O/c1-2-24-17-19-26(20-18-24)37(31-14-7-10-25-9-3-4-11-28(25)31)27-21-22-32-30(23-27)29-12-8-16-35-36(29)38(32)33-13-5-6-15-34(33)39-35/h2-23H,1H2. The Morgan fingerprint density at radius 3 is 2.23 bits per heavy atom. The van der Waals surface area contributed by atoms with Gasteiger partial charge in [0.05, 0.1) is 22.4 Å². The third-order valence-corrected chi connectivity index (χ3v) is 7.71. The molecule has 2 heterocycles. The molecule has 0 aliphatic carbocycles. The number of benzene rings is 6. The van der Waals surface area contributed by atoms with E-state index in [0.717, 1.165) is 50.8 Å². The van der Waals surface area contributed by atoms with Crippen LogP contribution >= 0.6 is 0 Å². The van der Waals surface area contributed by atoms with Gasteiger partial charge in [-0.2, -0.15) is 0 Å². The molecule has 0 saturated carbocycles. The smallest absolute Gasteiger partial charge is 0.152 e. The average molecular weight is 501 g/mol. The second-order valence-electron chi connectivity index (χ2n) is 9.89. The van der Waals surface area contributed by atoms with Gasteiger partial charge in [0, 0.05) is 27.5 Å². The predicted octanol–water partition coefficient (Wildman–Crippen LogP) is 10.2. The van der Waals surface area contributed by atoms with E-state index in [1.54, 1.807) is 0 Å². The Hall–Kier alpha value is -5.28. The molecule has 3 nitrogen and oxygen atoms in total. The summed E-state index contributed by atoms with van der Waals surface area (Å²) in [5.41, 5.74) is 7.77. The highest BCUT2D eigenvalue weighted by Gasteiger charge is 2.24. The first-order valence-corrected chi connectivity index (χ1v) is 13.1. The van der Waals surface area contributed by atoms with Crippen LogP contribution in [-0.2, 0) is 0 Å². The topological polar surface area (TPSA) is 17.4 Å². The second kappa shape index (κ2) is 8.37. The first kappa shape index (κ1) is 21.8. The summed E-state index contributed by atoms with van der Waals surface area (Å²) in [6.07, 6.45) is 1.88. The molecule has 1 aromatic heterocycles. The summed E-state index contributed by atoms with van der Waals surface area (Å²) in [5, 5.41) is 4.79. The van der Waals surface area contributed by atoms with Gasteiger partial charge in [0.15, 0.2) is 11.5 Å². The van der Waals surface area contributed by atoms with E-state index in [2.05, 4.69) is 131 Å². The predicted molar refractivity (Wildman–Crippen MR) is 163 cm³/mol. The Morgan fingerprint density at radius 2 is 1.33 bits per heavy atom. The van der Waals surface area contributed by atoms with Crippen molar-refractivity contribution in [3.63, 3.8) is 0 Å². The fraction of sp³-hybridized carbons (Fsp3) is 0. The van der Waals surface area contributed by atoms with Gasteiger partial charge in [0.1, 0.15) is 0 Å². The van der Waals surface area contributed by atoms with Crippen molar-refractivity contribution in [2.45, 2.75) is 0 Å². The molecular weight excluding hydrogens is 476 g/mol. The molecule has 0 unspecified atom stereocenters. The van der Waals surface area contributed by atoms with Crippen molar-refractivity contribution in [2.75, 3.05) is 4.90 Å². The summed E-state index contributed by atoms with van der Waals surface area (Å²) in [6.45, 7) is 3.94. The zero-order chi connectivity index (χ0) is 25.9. The molecular formula is C36H24N2O. The molecule has 0 N–H and O–H groups in total. The molecule has 0 bridgehead atoms. The summed E-state index contributed by atoms with van der Waals surface area (Å²) in [6, 6.07) is 45.0. The van der Waals surface area contributed by atoms with Gasteiger partial charge >= 0.3 is 0 Å². The van der Waals surface area contributed by atoms with Gasteiger partial charge in [-0.3, -0.25) is 0 Å². The van der Waals surface area contributed by atoms with Crippen LogP contribution in [0, 0.1) is 0 Å². The third-order valence-electron chi connectivity index (χ3n) is 7.71. The number of ether oxygens (including phenoxy) is 1. The number of hydrogen-bond donors (Lipinski definition) is 0. The SMILES string of the molecule is C=Cc1ccc(N(c2ccc3c(c2)c2cccc4c2n3-c2ccccc2O4)c2cccc3ccccc23)cc1. The molecule has 7 aromatic rings. The molecule has 6 aromatic carbocycles. The highest BCUT2D eigenvalue weighted by atomic mass is 16.5. The fourth-order valence-electron chi connectivity index (χ4n) is 5.93. The van der Waals surface area contributed by atoms with Crippen LogP contribution in [0.5, 0.6) is 11.5 Å². The van der Waals surface area contributed by atoms with E-state index >= 15 is 0 Å². The van der Waals surface area contributed by atoms with Crippen molar-refractivity contribution in [3.8, 4) is 17.2 Å². The number of fused-ring (bicyclic) bond motifs is 6. The summed E-state index contributed by atoms with van der Waals surface area (Å²) in [7, 11) is 0. The van der Waals surface area contributed by atoms with E-state index in [1.165, 1.54) is 21.5 Å². The number of nitrogens with zero attached hydrogens (tertiary/aromatic N) is 2. The average Bonchev–Trinajstić information content (AvgIpc) is 3.33. The quantitative estimate of drug-likeness (QED) is 0.239. The first-order chi connectivity index (χ1) is 19.3. The lowest BCUT2D eigenvalue weighted by molar-refractivity contribution is 0.476. The van der Waals surface area contributed by atoms with E-state index in [1.807, 2.05) is 18.2 Å². The van der Waals surface area contributed by atoms with Crippen molar-refractivity contribution in [1.29, 1.82) is 0 Å². The molecule has 39 heavy (non-hydrogen) atoms. The highest BCUT2D eigenvalue weighted by Crippen LogP contribution is 2.47. The van der Waals surface area contributed by atoms with Crippen LogP contribution < -0.4 is 9.64 Å². The number of rotatable bonds is 4. The van der Waals surface area contributed by atoms with Gasteiger partial charge < -0.3 is 14.2 Å². The zero-order valence-corrected chi connectivity index (χ0v) is 21.2. The fourth-order valence-corrected chi connectivity index (χ4v) is 5.93. The maximum Gasteiger partial charge on any atom is 0.152 e. The van der Waals surface area contributed by atoms with Gasteiger partial charge in [0.2, 0.25) is 0 Å². The van der Waals surface area contributed by atoms with Crippen LogP contribution in [0.1, 0.15) is 5.56 Å². The van der Waals surface area contributed by atoms with Crippen molar-refractivity contribution in [1.82, 2.24) is 4.57 Å². The zero-order valence-electron chi connectivity index (χ0n) is 21.2. The Morgan fingerprint density at radius 1 is 0.615 bits per heavy atom. The summed E-state index contributed by atoms with van der Waals surface area (Å²) in [5.74, 6) is 1.76. The Kier molecular flexibility index (Phi) is 4.67. The number of para-hydroxylation sites is 3. The minimum atomic E-state index is 0.874. The van der Waals surface area contributed by atoms with Crippen LogP contribution in [0.2, 0.25) is 0 Å². The summed E-state index contributed by atoms with van der Waals surface area (Å²) in [4.78, 5) is 2.35. The molecule has 0 amide bonds. The maximum absolute atomic E-state index is 6.33. The molecule has 0 atom stereocenters. The monoisotopic (exact) mass is 500 g/mol. The molecule has 8 rings (SSSR count). The van der Waals surface area contributed by atoms with Crippen LogP contribution in [0.25, 0.3) is 44.3 Å². The molecule has 0 spiro atoms. The van der Waals surface area contributed by atoms with Crippen molar-refractivity contribution in [3.05, 3.63) is 140 Å².